The van der Waals surface area contributed by atoms with Crippen LogP contribution in [0, 0.1) is 6.92 Å². The fraction of sp³-hybridized carbons (Fsp3) is 0.357. The highest BCUT2D eigenvalue weighted by atomic mass is 35.5. The van der Waals surface area contributed by atoms with Crippen LogP contribution < -0.4 is 10.1 Å². The summed E-state index contributed by atoms with van der Waals surface area (Å²) in [6, 6.07) is 6.01. The number of halogens is 1. The van der Waals surface area contributed by atoms with Crippen LogP contribution >= 0.6 is 22.9 Å². The van der Waals surface area contributed by atoms with E-state index in [9.17, 15) is 0 Å². The number of hydrogen-bond donors (Lipinski definition) is 1. The monoisotopic (exact) mass is 296 g/mol. The Kier molecular flexibility index (Phi) is 4.80. The number of thiazole rings is 1. The fourth-order valence-electron chi connectivity index (χ4n) is 2.01. The predicted molar refractivity (Wildman–Crippen MR) is 80.4 cm³/mol. The van der Waals surface area contributed by atoms with E-state index in [1.165, 1.54) is 4.88 Å². The first-order valence-electron chi connectivity index (χ1n) is 6.14. The highest BCUT2D eigenvalue weighted by molar-refractivity contribution is 7.09. The van der Waals surface area contributed by atoms with Gasteiger partial charge in [0.15, 0.2) is 0 Å². The van der Waals surface area contributed by atoms with Crippen molar-refractivity contribution in [2.45, 2.75) is 19.9 Å². The molecule has 0 aliphatic rings. The second-order valence-electron chi connectivity index (χ2n) is 4.19. The number of nitrogens with one attached hydrogen (secondary N) is 1. The summed E-state index contributed by atoms with van der Waals surface area (Å²) >= 11 is 7.74. The molecule has 1 N–H and O–H groups in total. The quantitative estimate of drug-likeness (QED) is 0.911. The lowest BCUT2D eigenvalue weighted by Gasteiger charge is -2.18. The lowest BCUT2D eigenvalue weighted by Crippen LogP contribution is -2.21. The molecule has 3 nitrogen and oxygen atoms in total. The minimum absolute atomic E-state index is 0.128. The average molecular weight is 297 g/mol. The molecule has 0 radical (unpaired) electrons. The summed E-state index contributed by atoms with van der Waals surface area (Å²) in [6.07, 6.45) is 0. The van der Waals surface area contributed by atoms with E-state index >= 15 is 0 Å². The maximum Gasteiger partial charge on any atom is 0.137 e. The molecule has 0 spiro atoms. The third-order valence-electron chi connectivity index (χ3n) is 2.96. The first-order valence-corrected chi connectivity index (χ1v) is 7.40. The van der Waals surface area contributed by atoms with Crippen LogP contribution in [-0.4, -0.2) is 18.6 Å². The van der Waals surface area contributed by atoms with E-state index < -0.39 is 0 Å². The van der Waals surface area contributed by atoms with Gasteiger partial charge in [-0.25, -0.2) is 4.98 Å². The molecular weight excluding hydrogens is 280 g/mol. The molecule has 1 aromatic heterocycles. The first kappa shape index (κ1) is 14.3. The molecule has 1 aromatic carbocycles. The number of rotatable bonds is 5. The summed E-state index contributed by atoms with van der Waals surface area (Å²) in [4.78, 5) is 5.55. The Hall–Kier alpha value is -1.10. The molecule has 0 fully saturated rings. The number of aromatic nitrogens is 1. The van der Waals surface area contributed by atoms with E-state index in [4.69, 9.17) is 16.3 Å². The van der Waals surface area contributed by atoms with Gasteiger partial charge in [-0.15, -0.1) is 11.3 Å². The van der Waals surface area contributed by atoms with E-state index in [0.29, 0.717) is 10.8 Å². The molecule has 2 aromatic rings. The van der Waals surface area contributed by atoms with Gasteiger partial charge in [0, 0.05) is 4.88 Å². The molecule has 1 atom stereocenters. The van der Waals surface area contributed by atoms with Crippen LogP contribution in [0.3, 0.4) is 0 Å². The zero-order chi connectivity index (χ0) is 13.8. The maximum absolute atomic E-state index is 6.08. The molecule has 1 unspecified atom stereocenters. The number of methoxy groups -OCH3 is 1. The molecule has 1 heterocycles. The number of benzene rings is 1. The summed E-state index contributed by atoms with van der Waals surface area (Å²) in [5, 5.41) is 4.11. The van der Waals surface area contributed by atoms with Crippen LogP contribution in [0.4, 0.5) is 0 Å². The first-order chi connectivity index (χ1) is 9.17. The van der Waals surface area contributed by atoms with Crippen molar-refractivity contribution in [2.24, 2.45) is 0 Å². The zero-order valence-corrected chi connectivity index (χ0v) is 12.8. The third-order valence-corrected chi connectivity index (χ3v) is 4.27. The Morgan fingerprint density at radius 3 is 2.84 bits per heavy atom. The van der Waals surface area contributed by atoms with E-state index in [-0.39, 0.29) is 6.04 Å². The Morgan fingerprint density at radius 1 is 1.47 bits per heavy atom. The Morgan fingerprint density at radius 2 is 2.26 bits per heavy atom. The molecule has 0 saturated carbocycles. The minimum atomic E-state index is 0.128. The molecule has 0 amide bonds. The number of ether oxygens (including phenoxy) is 1. The molecule has 5 heteroatoms. The van der Waals surface area contributed by atoms with Crippen LogP contribution in [0.25, 0.3) is 0 Å². The van der Waals surface area contributed by atoms with Crippen LogP contribution in [0.1, 0.15) is 29.1 Å². The van der Waals surface area contributed by atoms with Crippen LogP contribution in [0.15, 0.2) is 23.7 Å². The summed E-state index contributed by atoms with van der Waals surface area (Å²) in [5.41, 5.74) is 4.07. The zero-order valence-electron chi connectivity index (χ0n) is 11.2. The highest BCUT2D eigenvalue weighted by Gasteiger charge is 2.18. The van der Waals surface area contributed by atoms with Crippen molar-refractivity contribution in [3.8, 4) is 5.75 Å². The van der Waals surface area contributed by atoms with Crippen molar-refractivity contribution in [2.75, 3.05) is 13.7 Å². The van der Waals surface area contributed by atoms with Crippen molar-refractivity contribution in [3.63, 3.8) is 0 Å². The van der Waals surface area contributed by atoms with E-state index in [0.717, 1.165) is 17.8 Å². The Bertz CT molecular complexity index is 556. The van der Waals surface area contributed by atoms with Gasteiger partial charge in [-0.3, -0.25) is 0 Å². The predicted octanol–water partition coefficient (Wildman–Crippen LogP) is 3.81. The Labute approximate surface area is 122 Å². The van der Waals surface area contributed by atoms with Gasteiger partial charge in [0.05, 0.1) is 29.4 Å². The van der Waals surface area contributed by atoms with Gasteiger partial charge in [-0.1, -0.05) is 24.6 Å². The minimum Gasteiger partial charge on any atom is -0.495 e. The van der Waals surface area contributed by atoms with Crippen molar-refractivity contribution >= 4 is 22.9 Å². The molecular formula is C14H17ClN2OS. The molecule has 2 rings (SSSR count). The lowest BCUT2D eigenvalue weighted by molar-refractivity contribution is 0.414. The fourth-order valence-corrected chi connectivity index (χ4v) is 3.11. The molecule has 102 valence electrons. The number of aryl methyl sites for hydroxylation is 1. The Balaban J connectivity index is 2.42. The topological polar surface area (TPSA) is 34.1 Å². The summed E-state index contributed by atoms with van der Waals surface area (Å²) in [5.74, 6) is 0.698. The van der Waals surface area contributed by atoms with Crippen molar-refractivity contribution in [1.82, 2.24) is 10.3 Å². The van der Waals surface area contributed by atoms with Crippen LogP contribution in [0.2, 0.25) is 5.02 Å². The molecule has 0 bridgehead atoms. The van der Waals surface area contributed by atoms with Gasteiger partial charge in [0.25, 0.3) is 0 Å². The lowest BCUT2D eigenvalue weighted by atomic mass is 10.0. The normalized spacial score (nSPS) is 12.4. The van der Waals surface area contributed by atoms with Crippen molar-refractivity contribution in [3.05, 3.63) is 44.9 Å². The number of hydrogen-bond acceptors (Lipinski definition) is 4. The molecule has 0 aliphatic heterocycles. The van der Waals surface area contributed by atoms with Crippen LogP contribution in [-0.2, 0) is 0 Å². The summed E-state index contributed by atoms with van der Waals surface area (Å²) < 4.78 is 5.29. The largest absolute Gasteiger partial charge is 0.495 e. The second kappa shape index (κ2) is 6.37. The van der Waals surface area contributed by atoms with Gasteiger partial charge in [-0.2, -0.15) is 0 Å². The molecule has 19 heavy (non-hydrogen) atoms. The van der Waals surface area contributed by atoms with Crippen molar-refractivity contribution in [1.29, 1.82) is 0 Å². The summed E-state index contributed by atoms with van der Waals surface area (Å²) in [7, 11) is 1.63. The highest BCUT2D eigenvalue weighted by Crippen LogP contribution is 2.32. The maximum atomic E-state index is 6.08. The SMILES string of the molecule is CCNC(c1ccc(Cl)c(OC)c1)c1scnc1C. The second-order valence-corrected chi connectivity index (χ2v) is 5.48. The van der Waals surface area contributed by atoms with Crippen molar-refractivity contribution < 1.29 is 4.74 Å². The molecule has 0 saturated heterocycles. The van der Waals surface area contributed by atoms with Gasteiger partial charge < -0.3 is 10.1 Å². The van der Waals surface area contributed by atoms with Gasteiger partial charge in [0.1, 0.15) is 5.75 Å². The van der Waals surface area contributed by atoms with E-state index in [2.05, 4.69) is 17.2 Å². The van der Waals surface area contributed by atoms with E-state index in [1.54, 1.807) is 18.4 Å². The number of nitrogens with zero attached hydrogens (tertiary/aromatic N) is 1. The van der Waals surface area contributed by atoms with Gasteiger partial charge >= 0.3 is 0 Å². The smallest absolute Gasteiger partial charge is 0.137 e. The average Bonchev–Trinajstić information content (AvgIpc) is 2.83. The van der Waals surface area contributed by atoms with Gasteiger partial charge in [-0.05, 0) is 31.2 Å². The van der Waals surface area contributed by atoms with Crippen LogP contribution in [0.5, 0.6) is 5.75 Å². The van der Waals surface area contributed by atoms with E-state index in [1.807, 2.05) is 30.6 Å². The molecule has 0 aliphatic carbocycles. The van der Waals surface area contributed by atoms with Gasteiger partial charge in [0.2, 0.25) is 0 Å². The summed E-state index contributed by atoms with van der Waals surface area (Å²) in [6.45, 7) is 5.01. The third kappa shape index (κ3) is 3.08. The standard InChI is InChI=1S/C14H17ClN2OS/c1-4-16-13(14-9(2)17-8-19-14)10-5-6-11(15)12(7-10)18-3/h5-8,13,16H,4H2,1-3H3.